The Balaban J connectivity index is 2.62. The lowest BCUT2D eigenvalue weighted by Gasteiger charge is -2.06. The van der Waals surface area contributed by atoms with E-state index < -0.39 is 12.0 Å². The fourth-order valence-electron chi connectivity index (χ4n) is 1.15. The molecule has 1 aromatic rings. The molecule has 84 valence electrons. The van der Waals surface area contributed by atoms with Crippen molar-refractivity contribution < 1.29 is 9.90 Å². The molecule has 0 aliphatic heterocycles. The number of rotatable bonds is 5. The van der Waals surface area contributed by atoms with Crippen molar-refractivity contribution in [2.45, 2.75) is 19.0 Å². The number of hydrogen-bond donors (Lipinski definition) is 2. The molecular formula is C9H15N3O2S. The van der Waals surface area contributed by atoms with E-state index in [-0.39, 0.29) is 6.42 Å². The molecular weight excluding hydrogens is 214 g/mol. The van der Waals surface area contributed by atoms with Gasteiger partial charge in [0.1, 0.15) is 5.01 Å². The van der Waals surface area contributed by atoms with Crippen LogP contribution in [0, 0.1) is 0 Å². The summed E-state index contributed by atoms with van der Waals surface area (Å²) in [6.45, 7) is 0.803. The summed E-state index contributed by atoms with van der Waals surface area (Å²) in [7, 11) is 3.94. The van der Waals surface area contributed by atoms with Gasteiger partial charge < -0.3 is 15.7 Å². The molecule has 15 heavy (non-hydrogen) atoms. The zero-order valence-electron chi connectivity index (χ0n) is 8.80. The molecule has 0 spiro atoms. The zero-order chi connectivity index (χ0) is 11.4. The molecule has 0 saturated heterocycles. The third-order valence-electron chi connectivity index (χ3n) is 1.76. The van der Waals surface area contributed by atoms with E-state index in [2.05, 4.69) is 4.98 Å². The van der Waals surface area contributed by atoms with Gasteiger partial charge in [-0.2, -0.15) is 0 Å². The monoisotopic (exact) mass is 229 g/mol. The van der Waals surface area contributed by atoms with Crippen LogP contribution in [0.3, 0.4) is 0 Å². The summed E-state index contributed by atoms with van der Waals surface area (Å²) in [5.41, 5.74) is 5.69. The lowest BCUT2D eigenvalue weighted by molar-refractivity contribution is -0.137. The van der Waals surface area contributed by atoms with Gasteiger partial charge in [0, 0.05) is 17.6 Å². The molecule has 1 atom stereocenters. The minimum absolute atomic E-state index is 0.0745. The molecule has 0 aliphatic carbocycles. The Hall–Kier alpha value is -0.980. The molecule has 1 unspecified atom stereocenters. The van der Waals surface area contributed by atoms with Gasteiger partial charge in [0.15, 0.2) is 0 Å². The van der Waals surface area contributed by atoms with Crippen molar-refractivity contribution in [3.8, 4) is 0 Å². The second kappa shape index (κ2) is 5.20. The first kappa shape index (κ1) is 12.1. The number of aromatic nitrogens is 1. The second-order valence-electron chi connectivity index (χ2n) is 3.61. The molecule has 5 nitrogen and oxygen atoms in total. The Bertz CT molecular complexity index is 338. The predicted molar refractivity (Wildman–Crippen MR) is 58.7 cm³/mol. The quantitative estimate of drug-likeness (QED) is 0.776. The van der Waals surface area contributed by atoms with Crippen LogP contribution in [0.15, 0.2) is 6.20 Å². The van der Waals surface area contributed by atoms with Crippen LogP contribution in [0.4, 0.5) is 0 Å². The lowest BCUT2D eigenvalue weighted by Crippen LogP contribution is -2.14. The SMILES string of the molecule is CN(C)Cc1cnc(C(N)CC(=O)O)s1. The molecule has 1 rings (SSSR count). The van der Waals surface area contributed by atoms with Crippen LogP contribution in [0.25, 0.3) is 0 Å². The Morgan fingerprint density at radius 3 is 2.93 bits per heavy atom. The number of nitrogens with two attached hydrogens (primary N) is 1. The summed E-state index contributed by atoms with van der Waals surface area (Å²) < 4.78 is 0. The van der Waals surface area contributed by atoms with Gasteiger partial charge in [-0.25, -0.2) is 4.98 Å². The van der Waals surface area contributed by atoms with E-state index in [0.29, 0.717) is 5.01 Å². The molecule has 3 N–H and O–H groups in total. The highest BCUT2D eigenvalue weighted by Gasteiger charge is 2.14. The number of carboxylic acid groups (broad SMARTS) is 1. The van der Waals surface area contributed by atoms with Crippen LogP contribution in [-0.2, 0) is 11.3 Å². The molecule has 6 heteroatoms. The van der Waals surface area contributed by atoms with Crippen molar-refractivity contribution >= 4 is 17.3 Å². The maximum absolute atomic E-state index is 10.5. The van der Waals surface area contributed by atoms with Crippen LogP contribution >= 0.6 is 11.3 Å². The largest absolute Gasteiger partial charge is 0.481 e. The third kappa shape index (κ3) is 3.94. The van der Waals surface area contributed by atoms with Crippen molar-refractivity contribution in [3.63, 3.8) is 0 Å². The van der Waals surface area contributed by atoms with E-state index in [4.69, 9.17) is 10.8 Å². The van der Waals surface area contributed by atoms with E-state index in [9.17, 15) is 4.79 Å². The number of thiazole rings is 1. The lowest BCUT2D eigenvalue weighted by atomic mass is 10.2. The molecule has 1 aromatic heterocycles. The second-order valence-corrected chi connectivity index (χ2v) is 4.75. The maximum atomic E-state index is 10.5. The van der Waals surface area contributed by atoms with Gasteiger partial charge in [-0.1, -0.05) is 0 Å². The Morgan fingerprint density at radius 1 is 1.73 bits per heavy atom. The Labute approximate surface area is 92.5 Å². The summed E-state index contributed by atoms with van der Waals surface area (Å²) >= 11 is 1.47. The van der Waals surface area contributed by atoms with E-state index in [1.807, 2.05) is 19.0 Å². The third-order valence-corrected chi connectivity index (χ3v) is 2.87. The number of carbonyl (C=O) groups is 1. The van der Waals surface area contributed by atoms with Crippen LogP contribution < -0.4 is 5.73 Å². The smallest absolute Gasteiger partial charge is 0.305 e. The molecule has 0 aliphatic rings. The van der Waals surface area contributed by atoms with Crippen LogP contribution in [0.5, 0.6) is 0 Å². The fraction of sp³-hybridized carbons (Fsp3) is 0.556. The molecule has 0 radical (unpaired) electrons. The van der Waals surface area contributed by atoms with Crippen LogP contribution in [0.2, 0.25) is 0 Å². The highest BCUT2D eigenvalue weighted by Crippen LogP contribution is 2.21. The molecule has 0 aromatic carbocycles. The topological polar surface area (TPSA) is 79.5 Å². The normalized spacial score (nSPS) is 13.1. The van der Waals surface area contributed by atoms with Crippen molar-refractivity contribution in [1.29, 1.82) is 0 Å². The van der Waals surface area contributed by atoms with Crippen LogP contribution in [-0.4, -0.2) is 35.1 Å². The standard InChI is InChI=1S/C9H15N3O2S/c1-12(2)5-6-4-11-9(15-6)7(10)3-8(13)14/h4,7H,3,5,10H2,1-2H3,(H,13,14). The average molecular weight is 229 g/mol. The van der Waals surface area contributed by atoms with Gasteiger partial charge >= 0.3 is 5.97 Å². The summed E-state index contributed by atoms with van der Waals surface area (Å²) in [6, 6.07) is -0.497. The van der Waals surface area contributed by atoms with Crippen LogP contribution in [0.1, 0.15) is 22.3 Å². The van der Waals surface area contributed by atoms with E-state index in [1.165, 1.54) is 11.3 Å². The molecule has 0 fully saturated rings. The fourth-order valence-corrected chi connectivity index (χ4v) is 2.19. The first-order chi connectivity index (χ1) is 6.99. The Morgan fingerprint density at radius 2 is 2.40 bits per heavy atom. The molecule has 0 amide bonds. The van der Waals surface area contributed by atoms with Gasteiger partial charge in [-0.05, 0) is 14.1 Å². The maximum Gasteiger partial charge on any atom is 0.305 e. The predicted octanol–water partition coefficient (Wildman–Crippen LogP) is 0.679. The average Bonchev–Trinajstić information content (AvgIpc) is 2.50. The molecule has 0 bridgehead atoms. The van der Waals surface area contributed by atoms with Gasteiger partial charge in [-0.15, -0.1) is 11.3 Å². The summed E-state index contributed by atoms with van der Waals surface area (Å²) in [4.78, 5) is 17.7. The minimum atomic E-state index is -0.896. The van der Waals surface area contributed by atoms with Crippen molar-refractivity contribution in [2.24, 2.45) is 5.73 Å². The zero-order valence-corrected chi connectivity index (χ0v) is 9.62. The number of hydrogen-bond acceptors (Lipinski definition) is 5. The number of nitrogens with zero attached hydrogens (tertiary/aromatic N) is 2. The van der Waals surface area contributed by atoms with Crippen molar-refractivity contribution in [3.05, 3.63) is 16.1 Å². The minimum Gasteiger partial charge on any atom is -0.481 e. The first-order valence-corrected chi connectivity index (χ1v) is 5.37. The van der Waals surface area contributed by atoms with E-state index in [0.717, 1.165) is 11.4 Å². The number of aliphatic carboxylic acids is 1. The first-order valence-electron chi connectivity index (χ1n) is 4.55. The number of carboxylic acids is 1. The molecule has 0 saturated carbocycles. The summed E-state index contributed by atoms with van der Waals surface area (Å²) in [6.07, 6.45) is 1.68. The van der Waals surface area contributed by atoms with E-state index >= 15 is 0 Å². The van der Waals surface area contributed by atoms with Gasteiger partial charge in [0.25, 0.3) is 0 Å². The highest BCUT2D eigenvalue weighted by molar-refractivity contribution is 7.11. The van der Waals surface area contributed by atoms with Gasteiger partial charge in [0.2, 0.25) is 0 Å². The van der Waals surface area contributed by atoms with Crippen molar-refractivity contribution in [2.75, 3.05) is 14.1 Å². The van der Waals surface area contributed by atoms with Gasteiger partial charge in [-0.3, -0.25) is 4.79 Å². The van der Waals surface area contributed by atoms with Gasteiger partial charge in [0.05, 0.1) is 12.5 Å². The van der Waals surface area contributed by atoms with Crippen molar-refractivity contribution in [1.82, 2.24) is 9.88 Å². The van der Waals surface area contributed by atoms with E-state index in [1.54, 1.807) is 6.20 Å². The Kier molecular flexibility index (Phi) is 4.19. The highest BCUT2D eigenvalue weighted by atomic mass is 32.1. The molecule has 1 heterocycles. The summed E-state index contributed by atoms with van der Waals surface area (Å²) in [5.74, 6) is -0.896. The summed E-state index contributed by atoms with van der Waals surface area (Å²) in [5, 5.41) is 9.28.